The smallest absolute Gasteiger partial charge is 0.344 e. The van der Waals surface area contributed by atoms with E-state index in [1.165, 1.54) is 43.7 Å². The van der Waals surface area contributed by atoms with Gasteiger partial charge in [0.2, 0.25) is 10.0 Å². The zero-order valence-corrected chi connectivity index (χ0v) is 14.7. The second-order valence-electron chi connectivity index (χ2n) is 4.99. The van der Waals surface area contributed by atoms with Gasteiger partial charge in [0.25, 0.3) is 0 Å². The number of hydrogen-bond acceptors (Lipinski definition) is 7. The Kier molecular flexibility index (Phi) is 6.70. The molecular weight excluding hydrogens is 362 g/mol. The molecule has 0 aliphatic carbocycles. The fourth-order valence-electron chi connectivity index (χ4n) is 1.82. The molecule has 0 fully saturated rings. The molecule has 0 saturated heterocycles. The Morgan fingerprint density at radius 3 is 2.54 bits per heavy atom. The highest BCUT2D eigenvalue weighted by Crippen LogP contribution is 2.12. The molecule has 0 amide bonds. The first-order valence-corrected chi connectivity index (χ1v) is 8.93. The van der Waals surface area contributed by atoms with Crippen molar-refractivity contribution in [3.05, 3.63) is 60.1 Å². The van der Waals surface area contributed by atoms with Crippen LogP contribution in [0.2, 0.25) is 0 Å². The molecule has 0 aliphatic heterocycles. The van der Waals surface area contributed by atoms with Gasteiger partial charge < -0.3 is 13.9 Å². The Balaban J connectivity index is 1.93. The normalized spacial score (nSPS) is 11.4. The van der Waals surface area contributed by atoms with Crippen LogP contribution in [0.3, 0.4) is 0 Å². The van der Waals surface area contributed by atoms with Gasteiger partial charge in [0.1, 0.15) is 5.76 Å². The van der Waals surface area contributed by atoms with Crippen LogP contribution >= 0.6 is 0 Å². The van der Waals surface area contributed by atoms with Crippen LogP contribution in [0.4, 0.5) is 0 Å². The number of hydrogen-bond donors (Lipinski definition) is 1. The molecule has 0 spiro atoms. The van der Waals surface area contributed by atoms with Crippen molar-refractivity contribution in [3.8, 4) is 0 Å². The highest BCUT2D eigenvalue weighted by atomic mass is 32.2. The molecule has 9 heteroatoms. The van der Waals surface area contributed by atoms with E-state index in [2.05, 4.69) is 14.2 Å². The minimum absolute atomic E-state index is 0.0447. The number of carbonyl (C=O) groups is 2. The van der Waals surface area contributed by atoms with Gasteiger partial charge in [0.05, 0.1) is 24.8 Å². The molecule has 138 valence electrons. The van der Waals surface area contributed by atoms with Gasteiger partial charge in [-0.05, 0) is 35.9 Å². The third-order valence-corrected chi connectivity index (χ3v) is 4.60. The molecule has 1 aromatic carbocycles. The Bertz CT molecular complexity index is 868. The van der Waals surface area contributed by atoms with Crippen molar-refractivity contribution in [1.29, 1.82) is 0 Å². The lowest BCUT2D eigenvalue weighted by Crippen LogP contribution is -2.22. The maximum absolute atomic E-state index is 12.2. The second kappa shape index (κ2) is 8.97. The van der Waals surface area contributed by atoms with E-state index in [9.17, 15) is 18.0 Å². The molecule has 1 heterocycles. The van der Waals surface area contributed by atoms with Crippen LogP contribution in [-0.2, 0) is 35.6 Å². The van der Waals surface area contributed by atoms with Gasteiger partial charge in [-0.3, -0.25) is 0 Å². The molecule has 2 rings (SSSR count). The Morgan fingerprint density at radius 1 is 1.19 bits per heavy atom. The highest BCUT2D eigenvalue weighted by Gasteiger charge is 2.14. The van der Waals surface area contributed by atoms with Crippen molar-refractivity contribution in [2.24, 2.45) is 0 Å². The van der Waals surface area contributed by atoms with Crippen molar-refractivity contribution >= 4 is 28.0 Å². The number of carbonyl (C=O) groups excluding carboxylic acids is 2. The van der Waals surface area contributed by atoms with E-state index in [4.69, 9.17) is 4.42 Å². The van der Waals surface area contributed by atoms with Gasteiger partial charge >= 0.3 is 11.9 Å². The lowest BCUT2D eigenvalue weighted by molar-refractivity contribution is -0.154. The summed E-state index contributed by atoms with van der Waals surface area (Å²) in [6.45, 7) is -0.429. The number of benzene rings is 1. The molecule has 2 aromatic rings. The van der Waals surface area contributed by atoms with Crippen LogP contribution in [-0.4, -0.2) is 34.1 Å². The topological polar surface area (TPSA) is 112 Å². The monoisotopic (exact) mass is 379 g/mol. The maximum atomic E-state index is 12.2. The average molecular weight is 379 g/mol. The molecule has 0 unspecified atom stereocenters. The van der Waals surface area contributed by atoms with Gasteiger partial charge in [-0.1, -0.05) is 12.1 Å². The molecular formula is C17H17NO7S. The molecule has 1 N–H and O–H groups in total. The van der Waals surface area contributed by atoms with E-state index < -0.39 is 28.6 Å². The molecule has 26 heavy (non-hydrogen) atoms. The molecule has 0 aliphatic rings. The molecule has 0 bridgehead atoms. The number of sulfonamides is 1. The van der Waals surface area contributed by atoms with Gasteiger partial charge in [0, 0.05) is 6.08 Å². The van der Waals surface area contributed by atoms with Crippen LogP contribution in [0.1, 0.15) is 11.3 Å². The van der Waals surface area contributed by atoms with Crippen LogP contribution in [0.5, 0.6) is 0 Å². The maximum Gasteiger partial charge on any atom is 0.344 e. The summed E-state index contributed by atoms with van der Waals surface area (Å²) in [5.74, 6) is -0.880. The summed E-state index contributed by atoms with van der Waals surface area (Å²) in [4.78, 5) is 22.4. The first-order chi connectivity index (χ1) is 12.4. The largest absolute Gasteiger partial charge is 0.468 e. The SMILES string of the molecule is COC(=O)COC(=O)/C=C/c1ccc(S(=O)(=O)NCc2ccco2)cc1. The van der Waals surface area contributed by atoms with Gasteiger partial charge in [-0.15, -0.1) is 0 Å². The lowest BCUT2D eigenvalue weighted by atomic mass is 10.2. The Morgan fingerprint density at radius 2 is 1.92 bits per heavy atom. The summed E-state index contributed by atoms with van der Waals surface area (Å²) in [6.07, 6.45) is 4.02. The summed E-state index contributed by atoms with van der Waals surface area (Å²) in [7, 11) is -2.50. The predicted octanol–water partition coefficient (Wildman–Crippen LogP) is 1.49. The highest BCUT2D eigenvalue weighted by molar-refractivity contribution is 7.89. The summed E-state index contributed by atoms with van der Waals surface area (Å²) in [5.41, 5.74) is 0.588. The number of nitrogens with one attached hydrogen (secondary N) is 1. The third-order valence-electron chi connectivity index (χ3n) is 3.18. The summed E-state index contributed by atoms with van der Waals surface area (Å²) in [6, 6.07) is 9.21. The lowest BCUT2D eigenvalue weighted by Gasteiger charge is -2.05. The summed E-state index contributed by atoms with van der Waals surface area (Å²) < 4.78 is 40.9. The fourth-order valence-corrected chi connectivity index (χ4v) is 2.82. The molecule has 0 radical (unpaired) electrons. The quantitative estimate of drug-likeness (QED) is 0.546. The van der Waals surface area contributed by atoms with Crippen molar-refractivity contribution in [2.45, 2.75) is 11.4 Å². The fraction of sp³-hybridized carbons (Fsp3) is 0.176. The number of methoxy groups -OCH3 is 1. The van der Waals surface area contributed by atoms with Crippen molar-refractivity contribution in [1.82, 2.24) is 4.72 Å². The molecule has 1 aromatic heterocycles. The van der Waals surface area contributed by atoms with E-state index in [-0.39, 0.29) is 11.4 Å². The minimum atomic E-state index is -3.68. The van der Waals surface area contributed by atoms with E-state index >= 15 is 0 Å². The Labute approximate surface area is 150 Å². The first-order valence-electron chi connectivity index (χ1n) is 7.44. The summed E-state index contributed by atoms with van der Waals surface area (Å²) in [5, 5.41) is 0. The third kappa shape index (κ3) is 5.87. The summed E-state index contributed by atoms with van der Waals surface area (Å²) >= 11 is 0. The van der Waals surface area contributed by atoms with E-state index in [1.54, 1.807) is 12.1 Å². The van der Waals surface area contributed by atoms with Crippen LogP contribution in [0, 0.1) is 0 Å². The second-order valence-corrected chi connectivity index (χ2v) is 6.76. The van der Waals surface area contributed by atoms with Crippen LogP contribution in [0.25, 0.3) is 6.08 Å². The van der Waals surface area contributed by atoms with Crippen molar-refractivity contribution < 1.29 is 31.9 Å². The molecule has 0 atom stereocenters. The van der Waals surface area contributed by atoms with E-state index in [1.807, 2.05) is 0 Å². The first kappa shape index (κ1) is 19.4. The zero-order valence-electron chi connectivity index (χ0n) is 13.9. The van der Waals surface area contributed by atoms with Crippen molar-refractivity contribution in [2.75, 3.05) is 13.7 Å². The molecule has 0 saturated carbocycles. The van der Waals surface area contributed by atoms with Gasteiger partial charge in [-0.2, -0.15) is 0 Å². The number of furan rings is 1. The zero-order chi connectivity index (χ0) is 19.0. The van der Waals surface area contributed by atoms with E-state index in [0.717, 1.165) is 6.08 Å². The van der Waals surface area contributed by atoms with Crippen LogP contribution < -0.4 is 4.72 Å². The number of ether oxygens (including phenoxy) is 2. The Hall–Kier alpha value is -2.91. The minimum Gasteiger partial charge on any atom is -0.468 e. The van der Waals surface area contributed by atoms with Crippen molar-refractivity contribution in [3.63, 3.8) is 0 Å². The average Bonchev–Trinajstić information content (AvgIpc) is 3.17. The number of rotatable bonds is 8. The molecule has 8 nitrogen and oxygen atoms in total. The van der Waals surface area contributed by atoms with E-state index in [0.29, 0.717) is 11.3 Å². The predicted molar refractivity (Wildman–Crippen MR) is 91.2 cm³/mol. The van der Waals surface area contributed by atoms with Gasteiger partial charge in [0.15, 0.2) is 6.61 Å². The van der Waals surface area contributed by atoms with Crippen LogP contribution in [0.15, 0.2) is 58.1 Å². The number of esters is 2. The standard InChI is InChI=1S/C17H17NO7S/c1-23-17(20)12-25-16(19)9-6-13-4-7-15(8-5-13)26(21,22)18-11-14-3-2-10-24-14/h2-10,18H,11-12H2,1H3/b9-6+. The van der Waals surface area contributed by atoms with Gasteiger partial charge in [-0.25, -0.2) is 22.7 Å².